The van der Waals surface area contributed by atoms with Gasteiger partial charge in [-0.05, 0) is 79.4 Å². The van der Waals surface area contributed by atoms with E-state index in [-0.39, 0.29) is 0 Å². The standard InChI is InChI=1S/C18H22Br2O/c1-21-14-2-3-15(16(19)9-14)18(20)17-12-5-10-4-11(7-12)8-13(17)6-10/h2-3,9-13,17-18H,4-8H2,1H3. The summed E-state index contributed by atoms with van der Waals surface area (Å²) in [6.45, 7) is 0. The number of benzene rings is 1. The van der Waals surface area contributed by atoms with Gasteiger partial charge in [-0.25, -0.2) is 0 Å². The summed E-state index contributed by atoms with van der Waals surface area (Å²) in [5, 5.41) is 0. The molecule has 4 fully saturated rings. The van der Waals surface area contributed by atoms with E-state index in [0.29, 0.717) is 4.83 Å². The normalized spacial score (nSPS) is 38.5. The highest BCUT2D eigenvalue weighted by Crippen LogP contribution is 2.61. The SMILES string of the molecule is COc1ccc(C(Br)C2C3CC4CC(C3)CC2C4)c(Br)c1. The van der Waals surface area contributed by atoms with E-state index in [4.69, 9.17) is 4.74 Å². The average molecular weight is 414 g/mol. The molecule has 1 unspecified atom stereocenters. The first-order valence-electron chi connectivity index (χ1n) is 8.13. The van der Waals surface area contributed by atoms with E-state index in [1.165, 1.54) is 42.1 Å². The molecule has 0 radical (unpaired) electrons. The average Bonchev–Trinajstić information content (AvgIpc) is 2.45. The lowest BCUT2D eigenvalue weighted by Crippen LogP contribution is -2.46. The van der Waals surface area contributed by atoms with Gasteiger partial charge < -0.3 is 4.74 Å². The van der Waals surface area contributed by atoms with Crippen molar-refractivity contribution in [2.45, 2.75) is 36.9 Å². The fourth-order valence-electron chi connectivity index (χ4n) is 5.51. The van der Waals surface area contributed by atoms with Crippen LogP contribution >= 0.6 is 31.9 Å². The highest BCUT2D eigenvalue weighted by Gasteiger charge is 2.50. The van der Waals surface area contributed by atoms with Gasteiger partial charge in [0.2, 0.25) is 0 Å². The van der Waals surface area contributed by atoms with Crippen molar-refractivity contribution in [1.29, 1.82) is 0 Å². The monoisotopic (exact) mass is 412 g/mol. The molecular weight excluding hydrogens is 392 g/mol. The fraction of sp³-hybridized carbons (Fsp3) is 0.667. The highest BCUT2D eigenvalue weighted by molar-refractivity contribution is 9.11. The van der Waals surface area contributed by atoms with Crippen molar-refractivity contribution in [1.82, 2.24) is 0 Å². The van der Waals surface area contributed by atoms with Crippen molar-refractivity contribution in [3.63, 3.8) is 0 Å². The van der Waals surface area contributed by atoms with Gasteiger partial charge in [0.25, 0.3) is 0 Å². The van der Waals surface area contributed by atoms with Crippen molar-refractivity contribution in [3.05, 3.63) is 28.2 Å². The maximum Gasteiger partial charge on any atom is 0.120 e. The molecule has 114 valence electrons. The van der Waals surface area contributed by atoms with Crippen LogP contribution in [0.3, 0.4) is 0 Å². The van der Waals surface area contributed by atoms with Gasteiger partial charge in [0.1, 0.15) is 5.75 Å². The summed E-state index contributed by atoms with van der Waals surface area (Å²) < 4.78 is 6.50. The number of halogens is 2. The maximum atomic E-state index is 5.32. The van der Waals surface area contributed by atoms with Crippen LogP contribution in [-0.4, -0.2) is 7.11 Å². The summed E-state index contributed by atoms with van der Waals surface area (Å²) in [4.78, 5) is 0.479. The van der Waals surface area contributed by atoms with E-state index in [1.807, 2.05) is 0 Å². The molecule has 0 spiro atoms. The summed E-state index contributed by atoms with van der Waals surface area (Å²) in [5.74, 6) is 5.72. The van der Waals surface area contributed by atoms with Gasteiger partial charge in [0.05, 0.1) is 7.11 Å². The Balaban J connectivity index is 1.61. The third kappa shape index (κ3) is 2.49. The van der Waals surface area contributed by atoms with Crippen molar-refractivity contribution in [2.75, 3.05) is 7.11 Å². The zero-order valence-corrected chi connectivity index (χ0v) is 15.6. The van der Waals surface area contributed by atoms with Crippen molar-refractivity contribution >= 4 is 31.9 Å². The van der Waals surface area contributed by atoms with Crippen LogP contribution in [-0.2, 0) is 0 Å². The molecule has 5 rings (SSSR count). The molecule has 4 aliphatic rings. The molecule has 0 N–H and O–H groups in total. The molecule has 3 heteroatoms. The number of rotatable bonds is 3. The Hall–Kier alpha value is -0.0200. The van der Waals surface area contributed by atoms with Gasteiger partial charge in [-0.1, -0.05) is 37.9 Å². The van der Waals surface area contributed by atoms with Crippen LogP contribution in [0.2, 0.25) is 0 Å². The van der Waals surface area contributed by atoms with Crippen LogP contribution in [0.5, 0.6) is 5.75 Å². The molecule has 4 bridgehead atoms. The van der Waals surface area contributed by atoms with Gasteiger partial charge in [0, 0.05) is 9.30 Å². The lowest BCUT2D eigenvalue weighted by Gasteiger charge is -2.55. The first-order valence-corrected chi connectivity index (χ1v) is 9.84. The Labute approximate surface area is 144 Å². The van der Waals surface area contributed by atoms with E-state index in [0.717, 1.165) is 35.3 Å². The molecule has 4 saturated carbocycles. The molecule has 1 aromatic carbocycles. The number of methoxy groups -OCH3 is 1. The summed E-state index contributed by atoms with van der Waals surface area (Å²) in [5.41, 5.74) is 1.40. The third-order valence-corrected chi connectivity index (χ3v) is 7.93. The Morgan fingerprint density at radius 3 is 2.19 bits per heavy atom. The number of hydrogen-bond acceptors (Lipinski definition) is 1. The number of alkyl halides is 1. The minimum absolute atomic E-state index is 0.479. The topological polar surface area (TPSA) is 9.23 Å². The molecule has 0 aliphatic heterocycles. The predicted octanol–water partition coefficient (Wildman–Crippen LogP) is 5.97. The van der Waals surface area contributed by atoms with Crippen molar-refractivity contribution in [3.8, 4) is 5.75 Å². The quantitative estimate of drug-likeness (QED) is 0.555. The van der Waals surface area contributed by atoms with Crippen LogP contribution in [0, 0.1) is 29.6 Å². The van der Waals surface area contributed by atoms with E-state index in [1.54, 1.807) is 7.11 Å². The minimum atomic E-state index is 0.479. The fourth-order valence-corrected chi connectivity index (χ4v) is 7.69. The van der Waals surface area contributed by atoms with Crippen LogP contribution in [0.4, 0.5) is 0 Å². The lowest BCUT2D eigenvalue weighted by molar-refractivity contribution is -0.0365. The largest absolute Gasteiger partial charge is 0.497 e. The molecule has 0 amide bonds. The maximum absolute atomic E-state index is 5.32. The van der Waals surface area contributed by atoms with Gasteiger partial charge in [-0.3, -0.25) is 0 Å². The summed E-state index contributed by atoms with van der Waals surface area (Å²) in [6.07, 6.45) is 7.45. The molecule has 0 saturated heterocycles. The molecule has 4 aliphatic carbocycles. The van der Waals surface area contributed by atoms with Crippen LogP contribution in [0.25, 0.3) is 0 Å². The first kappa shape index (κ1) is 14.6. The second kappa shape index (κ2) is 5.56. The van der Waals surface area contributed by atoms with E-state index in [9.17, 15) is 0 Å². The summed E-state index contributed by atoms with van der Waals surface area (Å²) in [7, 11) is 1.73. The molecular formula is C18H22Br2O. The van der Waals surface area contributed by atoms with E-state index in [2.05, 4.69) is 50.1 Å². The zero-order valence-electron chi connectivity index (χ0n) is 12.4. The van der Waals surface area contributed by atoms with Crippen LogP contribution in [0.15, 0.2) is 22.7 Å². The van der Waals surface area contributed by atoms with Crippen molar-refractivity contribution < 1.29 is 4.74 Å². The van der Waals surface area contributed by atoms with Gasteiger partial charge in [-0.15, -0.1) is 0 Å². The first-order chi connectivity index (χ1) is 10.2. The molecule has 0 heterocycles. The number of hydrogen-bond donors (Lipinski definition) is 0. The predicted molar refractivity (Wildman–Crippen MR) is 92.9 cm³/mol. The highest BCUT2D eigenvalue weighted by atomic mass is 79.9. The van der Waals surface area contributed by atoms with Gasteiger partial charge in [-0.2, -0.15) is 0 Å². The van der Waals surface area contributed by atoms with Gasteiger partial charge in [0.15, 0.2) is 0 Å². The Bertz CT molecular complexity index is 514. The van der Waals surface area contributed by atoms with Crippen LogP contribution in [0.1, 0.15) is 42.5 Å². The Morgan fingerprint density at radius 2 is 1.67 bits per heavy atom. The summed E-state index contributed by atoms with van der Waals surface area (Å²) in [6, 6.07) is 6.41. The second-order valence-electron chi connectivity index (χ2n) is 7.30. The lowest BCUT2D eigenvalue weighted by atomic mass is 9.51. The zero-order chi connectivity index (χ0) is 14.6. The minimum Gasteiger partial charge on any atom is -0.497 e. The second-order valence-corrected chi connectivity index (χ2v) is 9.14. The smallest absolute Gasteiger partial charge is 0.120 e. The summed E-state index contributed by atoms with van der Waals surface area (Å²) >= 11 is 7.81. The molecule has 1 atom stereocenters. The molecule has 0 aromatic heterocycles. The molecule has 1 nitrogen and oxygen atoms in total. The third-order valence-electron chi connectivity index (χ3n) is 6.14. The Kier molecular flexibility index (Phi) is 3.86. The number of ether oxygens (including phenoxy) is 1. The van der Waals surface area contributed by atoms with E-state index >= 15 is 0 Å². The van der Waals surface area contributed by atoms with Crippen LogP contribution < -0.4 is 4.74 Å². The molecule has 1 aromatic rings. The van der Waals surface area contributed by atoms with E-state index < -0.39 is 0 Å². The van der Waals surface area contributed by atoms with Crippen molar-refractivity contribution in [2.24, 2.45) is 29.6 Å². The Morgan fingerprint density at radius 1 is 1.05 bits per heavy atom. The van der Waals surface area contributed by atoms with Gasteiger partial charge >= 0.3 is 0 Å². The molecule has 21 heavy (non-hydrogen) atoms.